The molecule has 186 valence electrons. The van der Waals surface area contributed by atoms with E-state index in [1.165, 1.54) is 14.2 Å². The smallest absolute Gasteiger partial charge is 0.407 e. The zero-order chi connectivity index (χ0) is 25.0. The van der Waals surface area contributed by atoms with E-state index in [-0.39, 0.29) is 45.2 Å². The molecule has 2 atom stereocenters. The molecule has 1 fully saturated rings. The van der Waals surface area contributed by atoms with Crippen molar-refractivity contribution >= 4 is 18.0 Å². The lowest BCUT2D eigenvalue weighted by atomic mass is 9.95. The number of carboxylic acid groups (broad SMARTS) is 1. The highest BCUT2D eigenvalue weighted by Gasteiger charge is 2.49. The number of aliphatic carboxylic acids is 1. The summed E-state index contributed by atoms with van der Waals surface area (Å²) in [6.07, 6.45) is -0.408. The monoisotopic (exact) mass is 482 g/mol. The van der Waals surface area contributed by atoms with E-state index in [9.17, 15) is 19.5 Å². The molecule has 1 aliphatic heterocycles. The van der Waals surface area contributed by atoms with Gasteiger partial charge in [0.25, 0.3) is 0 Å². The first-order valence-electron chi connectivity index (χ1n) is 11.6. The third kappa shape index (κ3) is 4.74. The summed E-state index contributed by atoms with van der Waals surface area (Å²) in [5.41, 5.74) is 2.93. The molecule has 2 aromatic carbocycles. The number of hydrogen-bond acceptors (Lipinski definition) is 6. The van der Waals surface area contributed by atoms with Crippen LogP contribution in [0.3, 0.4) is 0 Å². The zero-order valence-electron chi connectivity index (χ0n) is 19.9. The number of amides is 2. The molecule has 9 heteroatoms. The summed E-state index contributed by atoms with van der Waals surface area (Å²) < 4.78 is 15.9. The second-order valence-corrected chi connectivity index (χ2v) is 8.84. The molecule has 4 rings (SSSR count). The van der Waals surface area contributed by atoms with E-state index in [4.69, 9.17) is 14.2 Å². The van der Waals surface area contributed by atoms with E-state index >= 15 is 0 Å². The number of rotatable bonds is 9. The second kappa shape index (κ2) is 10.5. The van der Waals surface area contributed by atoms with Crippen LogP contribution in [0.5, 0.6) is 0 Å². The van der Waals surface area contributed by atoms with Gasteiger partial charge in [0.05, 0.1) is 6.61 Å². The molecule has 1 saturated heterocycles. The minimum Gasteiger partial charge on any atom is -0.479 e. The second-order valence-electron chi connectivity index (χ2n) is 8.84. The molecule has 1 aliphatic carbocycles. The van der Waals surface area contributed by atoms with Crippen molar-refractivity contribution in [3.05, 3.63) is 59.7 Å². The fourth-order valence-electron chi connectivity index (χ4n) is 4.85. The Morgan fingerprint density at radius 1 is 1.14 bits per heavy atom. The summed E-state index contributed by atoms with van der Waals surface area (Å²) in [6, 6.07) is 15.0. The number of ether oxygens (including phenoxy) is 3. The molecular weight excluding hydrogens is 452 g/mol. The lowest BCUT2D eigenvalue weighted by Crippen LogP contribution is -2.60. The van der Waals surface area contributed by atoms with Crippen LogP contribution in [0, 0.1) is 0 Å². The number of carbonyl (C=O) groups is 3. The van der Waals surface area contributed by atoms with Gasteiger partial charge in [-0.2, -0.15) is 0 Å². The third-order valence-electron chi connectivity index (χ3n) is 6.92. The summed E-state index contributed by atoms with van der Waals surface area (Å²) in [7, 11) is 2.91. The average molecular weight is 483 g/mol. The predicted octanol–water partition coefficient (Wildman–Crippen LogP) is 2.63. The van der Waals surface area contributed by atoms with Crippen LogP contribution in [-0.4, -0.2) is 80.1 Å². The number of fused-ring (bicyclic) bond motifs is 3. The van der Waals surface area contributed by atoms with Crippen LogP contribution in [0.1, 0.15) is 29.9 Å². The van der Waals surface area contributed by atoms with Crippen molar-refractivity contribution in [3.8, 4) is 11.1 Å². The lowest BCUT2D eigenvalue weighted by Gasteiger charge is -2.35. The van der Waals surface area contributed by atoms with Crippen LogP contribution < -0.4 is 5.32 Å². The Bertz CT molecular complexity index is 1050. The van der Waals surface area contributed by atoms with Gasteiger partial charge in [-0.25, -0.2) is 9.59 Å². The lowest BCUT2D eigenvalue weighted by molar-refractivity contribution is -0.158. The molecule has 9 nitrogen and oxygen atoms in total. The molecule has 2 N–H and O–H groups in total. The number of nitrogens with zero attached hydrogens (tertiary/aromatic N) is 1. The molecule has 2 aliphatic rings. The normalized spacial score (nSPS) is 19.5. The molecule has 1 heterocycles. The minimum atomic E-state index is -1.47. The number of likely N-dealkylation sites (N-methyl/N-ethyl adjacent to an activating group) is 1. The molecule has 0 saturated carbocycles. The van der Waals surface area contributed by atoms with Crippen LogP contribution in [0.15, 0.2) is 48.5 Å². The van der Waals surface area contributed by atoms with Crippen molar-refractivity contribution in [3.63, 3.8) is 0 Å². The maximum Gasteiger partial charge on any atom is 0.407 e. The maximum absolute atomic E-state index is 13.3. The van der Waals surface area contributed by atoms with E-state index in [1.54, 1.807) is 0 Å². The fraction of sp³-hybridized carbons (Fsp3) is 0.423. The van der Waals surface area contributed by atoms with Gasteiger partial charge in [0.15, 0.2) is 5.54 Å². The topological polar surface area (TPSA) is 114 Å². The Kier molecular flexibility index (Phi) is 7.37. The van der Waals surface area contributed by atoms with Crippen LogP contribution in [-0.2, 0) is 23.8 Å². The van der Waals surface area contributed by atoms with E-state index in [0.29, 0.717) is 0 Å². The van der Waals surface area contributed by atoms with Crippen molar-refractivity contribution in [2.45, 2.75) is 30.3 Å². The van der Waals surface area contributed by atoms with Crippen LogP contribution in [0.2, 0.25) is 0 Å². The Hall–Kier alpha value is -3.43. The Balaban J connectivity index is 1.45. The first-order chi connectivity index (χ1) is 16.9. The first-order valence-corrected chi connectivity index (χ1v) is 11.6. The van der Waals surface area contributed by atoms with Gasteiger partial charge in [-0.15, -0.1) is 0 Å². The molecule has 0 radical (unpaired) electrons. The molecule has 2 aromatic rings. The standard InChI is InChI=1S/C26H30N2O7/c1-28(26(24(30)31)12-14-34-16-26)23(29)22(11-13-33-2)27-25(32)35-15-21-19-9-5-3-7-17(19)18-8-4-6-10-20(18)21/h3-10,21-22H,11-16H2,1-2H3,(H,27,32)(H,30,31). The number of nitrogens with one attached hydrogen (secondary N) is 1. The van der Waals surface area contributed by atoms with E-state index in [0.717, 1.165) is 27.2 Å². The van der Waals surface area contributed by atoms with E-state index in [1.807, 2.05) is 36.4 Å². The molecule has 0 spiro atoms. The van der Waals surface area contributed by atoms with Gasteiger partial charge in [-0.05, 0) is 22.3 Å². The number of carbonyl (C=O) groups excluding carboxylic acids is 2. The molecule has 0 bridgehead atoms. The number of methoxy groups -OCH3 is 1. The van der Waals surface area contributed by atoms with Crippen LogP contribution >= 0.6 is 0 Å². The number of alkyl carbamates (subject to hydrolysis) is 1. The van der Waals surface area contributed by atoms with Gasteiger partial charge in [-0.3, -0.25) is 4.79 Å². The molecule has 2 unspecified atom stereocenters. The van der Waals surface area contributed by atoms with E-state index < -0.39 is 29.6 Å². The van der Waals surface area contributed by atoms with Gasteiger partial charge < -0.3 is 29.5 Å². The van der Waals surface area contributed by atoms with Crippen LogP contribution in [0.25, 0.3) is 11.1 Å². The van der Waals surface area contributed by atoms with E-state index in [2.05, 4.69) is 17.4 Å². The Morgan fingerprint density at radius 2 is 1.77 bits per heavy atom. The minimum absolute atomic E-state index is 0.105. The summed E-state index contributed by atoms with van der Waals surface area (Å²) in [6.45, 7) is 0.442. The highest BCUT2D eigenvalue weighted by molar-refractivity contribution is 5.91. The quantitative estimate of drug-likeness (QED) is 0.565. The molecule has 2 amide bonds. The van der Waals surface area contributed by atoms with Crippen molar-refractivity contribution < 1.29 is 33.7 Å². The largest absolute Gasteiger partial charge is 0.479 e. The molecule has 35 heavy (non-hydrogen) atoms. The summed E-state index contributed by atoms with van der Waals surface area (Å²) in [5.74, 6) is -1.80. The SMILES string of the molecule is COCCC(NC(=O)OCC1c2ccccc2-c2ccccc21)C(=O)N(C)C1(C(=O)O)CCOC1. The third-order valence-corrected chi connectivity index (χ3v) is 6.92. The summed E-state index contributed by atoms with van der Waals surface area (Å²) >= 11 is 0. The summed E-state index contributed by atoms with van der Waals surface area (Å²) in [5, 5.41) is 12.4. The fourth-order valence-corrected chi connectivity index (χ4v) is 4.85. The zero-order valence-corrected chi connectivity index (χ0v) is 19.9. The maximum atomic E-state index is 13.3. The average Bonchev–Trinajstić information content (AvgIpc) is 3.49. The number of benzene rings is 2. The van der Waals surface area contributed by atoms with Gasteiger partial charge in [0.1, 0.15) is 12.6 Å². The van der Waals surface area contributed by atoms with Crippen molar-refractivity contribution in [1.82, 2.24) is 10.2 Å². The number of carboxylic acids is 1. The molecular formula is C26H30N2O7. The predicted molar refractivity (Wildman–Crippen MR) is 127 cm³/mol. The van der Waals surface area contributed by atoms with Crippen molar-refractivity contribution in [2.75, 3.05) is 40.6 Å². The highest BCUT2D eigenvalue weighted by Crippen LogP contribution is 2.44. The van der Waals surface area contributed by atoms with Gasteiger partial charge in [0, 0.05) is 46.1 Å². The van der Waals surface area contributed by atoms with Gasteiger partial charge in [0.2, 0.25) is 5.91 Å². The van der Waals surface area contributed by atoms with Gasteiger partial charge >= 0.3 is 12.1 Å². The Morgan fingerprint density at radius 3 is 2.31 bits per heavy atom. The van der Waals surface area contributed by atoms with Gasteiger partial charge in [-0.1, -0.05) is 48.5 Å². The Labute approximate surface area is 204 Å². The summed E-state index contributed by atoms with van der Waals surface area (Å²) in [4.78, 5) is 39.2. The molecule has 0 aromatic heterocycles. The van der Waals surface area contributed by atoms with Crippen molar-refractivity contribution in [1.29, 1.82) is 0 Å². The first kappa shape index (κ1) is 24.7. The number of hydrogen-bond donors (Lipinski definition) is 2. The van der Waals surface area contributed by atoms with Crippen LogP contribution in [0.4, 0.5) is 4.79 Å². The van der Waals surface area contributed by atoms with Crippen molar-refractivity contribution in [2.24, 2.45) is 0 Å². The highest BCUT2D eigenvalue weighted by atomic mass is 16.5.